The van der Waals surface area contributed by atoms with Gasteiger partial charge in [0, 0.05) is 5.56 Å². The Bertz CT molecular complexity index is 975. The molecule has 0 spiro atoms. The molecule has 1 aliphatic rings. The van der Waals surface area contributed by atoms with Gasteiger partial charge < -0.3 is 10.5 Å². The summed E-state index contributed by atoms with van der Waals surface area (Å²) in [6, 6.07) is 11.0. The molecule has 8 heteroatoms. The Morgan fingerprint density at radius 2 is 1.89 bits per heavy atom. The van der Waals surface area contributed by atoms with Crippen LogP contribution < -0.4 is 10.5 Å². The van der Waals surface area contributed by atoms with Crippen molar-refractivity contribution in [2.45, 2.75) is 19.3 Å². The number of ether oxygens (including phenoxy) is 1. The van der Waals surface area contributed by atoms with Crippen LogP contribution >= 0.6 is 0 Å². The number of allylic oxidation sites excluding steroid dienone is 2. The van der Waals surface area contributed by atoms with Gasteiger partial charge in [-0.15, -0.1) is 0 Å². The predicted molar refractivity (Wildman–Crippen MR) is 105 cm³/mol. The molecule has 3 rings (SSSR count). The molecular formula is C19H22N2O5S. The normalized spacial score (nSPS) is 15.9. The number of amidine groups is 1. The fraction of sp³-hybridized carbons (Fsp3) is 0.263. The van der Waals surface area contributed by atoms with Gasteiger partial charge in [-0.2, -0.15) is 8.42 Å². The molecule has 144 valence electrons. The Kier molecular flexibility index (Phi) is 6.70. The van der Waals surface area contributed by atoms with Crippen LogP contribution in [0.5, 0.6) is 5.75 Å². The molecule has 1 unspecified atom stereocenters. The lowest BCUT2D eigenvalue weighted by Gasteiger charge is -2.09. The molecule has 0 aliphatic heterocycles. The molecule has 0 bridgehead atoms. The SMILES string of the molecule is CS(=O)(=O)O.N=C(N)c1ccc2cc(OC(=O)CC3C=CCC3)ccc2c1. The third kappa shape index (κ3) is 7.20. The molecule has 0 radical (unpaired) electrons. The van der Waals surface area contributed by atoms with Crippen molar-refractivity contribution in [2.75, 3.05) is 6.26 Å². The van der Waals surface area contributed by atoms with Crippen LogP contribution in [0, 0.1) is 11.3 Å². The van der Waals surface area contributed by atoms with Crippen molar-refractivity contribution in [1.29, 1.82) is 5.41 Å². The van der Waals surface area contributed by atoms with Crippen molar-refractivity contribution in [1.82, 2.24) is 0 Å². The van der Waals surface area contributed by atoms with E-state index in [4.69, 9.17) is 20.4 Å². The monoisotopic (exact) mass is 390 g/mol. The largest absolute Gasteiger partial charge is 0.426 e. The van der Waals surface area contributed by atoms with Gasteiger partial charge in [-0.1, -0.05) is 30.4 Å². The van der Waals surface area contributed by atoms with E-state index in [0.29, 0.717) is 29.9 Å². The zero-order valence-corrected chi connectivity index (χ0v) is 15.7. The minimum atomic E-state index is -3.67. The van der Waals surface area contributed by atoms with Crippen molar-refractivity contribution >= 4 is 32.7 Å². The van der Waals surface area contributed by atoms with Gasteiger partial charge in [-0.25, -0.2) is 0 Å². The second kappa shape index (κ2) is 8.79. The van der Waals surface area contributed by atoms with Crippen LogP contribution in [0.15, 0.2) is 48.6 Å². The Labute approximate surface area is 158 Å². The molecule has 0 fully saturated rings. The third-order valence-electron chi connectivity index (χ3n) is 3.90. The van der Waals surface area contributed by atoms with Crippen LogP contribution in [0.2, 0.25) is 0 Å². The lowest BCUT2D eigenvalue weighted by atomic mass is 10.1. The maximum atomic E-state index is 11.9. The number of rotatable bonds is 4. The van der Waals surface area contributed by atoms with Crippen molar-refractivity contribution in [3.8, 4) is 5.75 Å². The fourth-order valence-electron chi connectivity index (χ4n) is 2.71. The fourth-order valence-corrected chi connectivity index (χ4v) is 2.71. The highest BCUT2D eigenvalue weighted by Crippen LogP contribution is 2.24. The van der Waals surface area contributed by atoms with E-state index in [2.05, 4.69) is 12.2 Å². The number of nitrogen functional groups attached to an aromatic ring is 1. The summed E-state index contributed by atoms with van der Waals surface area (Å²) in [5, 5.41) is 9.37. The summed E-state index contributed by atoms with van der Waals surface area (Å²) >= 11 is 0. The van der Waals surface area contributed by atoms with Crippen molar-refractivity contribution in [3.63, 3.8) is 0 Å². The van der Waals surface area contributed by atoms with Crippen molar-refractivity contribution in [2.24, 2.45) is 11.7 Å². The second-order valence-corrected chi connectivity index (χ2v) is 7.78. The first-order valence-electron chi connectivity index (χ1n) is 8.30. The smallest absolute Gasteiger partial charge is 0.311 e. The van der Waals surface area contributed by atoms with E-state index in [1.54, 1.807) is 12.1 Å². The van der Waals surface area contributed by atoms with Gasteiger partial charge in [-0.3, -0.25) is 14.8 Å². The Balaban J connectivity index is 0.000000465. The van der Waals surface area contributed by atoms with Crippen LogP contribution in [0.1, 0.15) is 24.8 Å². The number of fused-ring (bicyclic) bond motifs is 1. The van der Waals surface area contributed by atoms with E-state index in [1.807, 2.05) is 24.3 Å². The van der Waals surface area contributed by atoms with Gasteiger partial charge in [0.05, 0.1) is 12.7 Å². The van der Waals surface area contributed by atoms with Gasteiger partial charge >= 0.3 is 5.97 Å². The second-order valence-electron chi connectivity index (χ2n) is 6.31. The standard InChI is InChI=1S/C18H18N2O2.CH4O3S/c19-18(20)15-6-5-14-11-16(8-7-13(14)10-15)22-17(21)9-12-3-1-2-4-12;1-5(2,3)4/h1,3,5-8,10-12H,2,4,9H2,(H3,19,20);1H3,(H,2,3,4). The number of hydrogen-bond acceptors (Lipinski definition) is 5. The highest BCUT2D eigenvalue weighted by Gasteiger charge is 2.15. The first-order chi connectivity index (χ1) is 12.6. The number of nitrogens with one attached hydrogen (secondary N) is 1. The maximum Gasteiger partial charge on any atom is 0.311 e. The summed E-state index contributed by atoms with van der Waals surface area (Å²) in [5.41, 5.74) is 6.17. The molecule has 4 N–H and O–H groups in total. The van der Waals surface area contributed by atoms with Gasteiger partial charge in [0.1, 0.15) is 11.6 Å². The minimum Gasteiger partial charge on any atom is -0.426 e. The molecule has 1 aliphatic carbocycles. The number of esters is 1. The number of hydrogen-bond donors (Lipinski definition) is 3. The number of benzene rings is 2. The maximum absolute atomic E-state index is 11.9. The van der Waals surface area contributed by atoms with E-state index in [9.17, 15) is 13.2 Å². The summed E-state index contributed by atoms with van der Waals surface area (Å²) in [5.74, 6) is 0.708. The molecule has 1 atom stereocenters. The minimum absolute atomic E-state index is 0.0435. The van der Waals surface area contributed by atoms with Crippen molar-refractivity contribution < 1.29 is 22.5 Å². The van der Waals surface area contributed by atoms with Crippen LogP contribution in [-0.4, -0.2) is 31.0 Å². The molecule has 2 aromatic carbocycles. The van der Waals surface area contributed by atoms with Gasteiger partial charge in [0.2, 0.25) is 0 Å². The zero-order chi connectivity index (χ0) is 20.0. The van der Waals surface area contributed by atoms with Gasteiger partial charge in [-0.05, 0) is 47.7 Å². The van der Waals surface area contributed by atoms with E-state index in [1.165, 1.54) is 0 Å². The van der Waals surface area contributed by atoms with E-state index >= 15 is 0 Å². The Morgan fingerprint density at radius 1 is 1.26 bits per heavy atom. The summed E-state index contributed by atoms with van der Waals surface area (Å²) in [6.07, 6.45) is 7.42. The summed E-state index contributed by atoms with van der Waals surface area (Å²) in [4.78, 5) is 11.9. The molecule has 7 nitrogen and oxygen atoms in total. The van der Waals surface area contributed by atoms with Crippen LogP contribution in [0.25, 0.3) is 10.8 Å². The van der Waals surface area contributed by atoms with E-state index in [0.717, 1.165) is 23.6 Å². The number of carbonyl (C=O) groups is 1. The molecule has 0 aromatic heterocycles. The summed E-state index contributed by atoms with van der Waals surface area (Å²) in [7, 11) is -3.67. The summed E-state index contributed by atoms with van der Waals surface area (Å²) < 4.78 is 31.3. The third-order valence-corrected chi connectivity index (χ3v) is 3.90. The molecule has 0 saturated heterocycles. The number of nitrogens with two attached hydrogens (primary N) is 1. The topological polar surface area (TPSA) is 131 Å². The highest BCUT2D eigenvalue weighted by atomic mass is 32.2. The highest BCUT2D eigenvalue weighted by molar-refractivity contribution is 7.85. The summed E-state index contributed by atoms with van der Waals surface area (Å²) in [6.45, 7) is 0. The lowest BCUT2D eigenvalue weighted by molar-refractivity contribution is -0.135. The zero-order valence-electron chi connectivity index (χ0n) is 14.9. The average molecular weight is 390 g/mol. The molecule has 0 amide bonds. The molecule has 0 saturated carbocycles. The quantitative estimate of drug-likeness (QED) is 0.184. The molecule has 27 heavy (non-hydrogen) atoms. The average Bonchev–Trinajstić information content (AvgIpc) is 3.05. The Morgan fingerprint density at radius 3 is 2.48 bits per heavy atom. The van der Waals surface area contributed by atoms with E-state index in [-0.39, 0.29) is 11.8 Å². The predicted octanol–water partition coefficient (Wildman–Crippen LogP) is 2.89. The first-order valence-corrected chi connectivity index (χ1v) is 10.1. The number of carbonyl (C=O) groups excluding carboxylic acids is 1. The van der Waals surface area contributed by atoms with Gasteiger partial charge in [0.15, 0.2) is 0 Å². The Hall–Kier alpha value is -2.71. The van der Waals surface area contributed by atoms with E-state index < -0.39 is 10.1 Å². The molecule has 0 heterocycles. The molecule has 2 aromatic rings. The molecular weight excluding hydrogens is 368 g/mol. The first kappa shape index (κ1) is 20.6. The van der Waals surface area contributed by atoms with Crippen LogP contribution in [0.3, 0.4) is 0 Å². The van der Waals surface area contributed by atoms with Crippen molar-refractivity contribution in [3.05, 3.63) is 54.1 Å². The van der Waals surface area contributed by atoms with Crippen LogP contribution in [0.4, 0.5) is 0 Å². The van der Waals surface area contributed by atoms with Crippen LogP contribution in [-0.2, 0) is 14.9 Å². The lowest BCUT2D eigenvalue weighted by Crippen LogP contribution is -2.12. The van der Waals surface area contributed by atoms with Gasteiger partial charge in [0.25, 0.3) is 10.1 Å².